The fourth-order valence-corrected chi connectivity index (χ4v) is 7.05. The second-order valence-corrected chi connectivity index (χ2v) is 12.3. The van der Waals surface area contributed by atoms with Gasteiger partial charge in [-0.1, -0.05) is 0 Å². The number of aromatic carboxylic acids is 2. The van der Waals surface area contributed by atoms with Crippen molar-refractivity contribution in [2.24, 2.45) is 7.05 Å². The fraction of sp³-hybridized carbons (Fsp3) is 0.400. The molecule has 2 saturated heterocycles. The summed E-state index contributed by atoms with van der Waals surface area (Å²) in [5.41, 5.74) is 1.51. The summed E-state index contributed by atoms with van der Waals surface area (Å²) >= 11 is 3.42. The summed E-state index contributed by atoms with van der Waals surface area (Å²) in [6.07, 6.45) is 5.36. The third kappa shape index (κ3) is 5.66. The summed E-state index contributed by atoms with van der Waals surface area (Å²) < 4.78 is 8.27. The second kappa shape index (κ2) is 11.5. The molecular formula is C30H33BrN6O6. The number of nitrogens with zero attached hydrogens (tertiary/aromatic N) is 5. The van der Waals surface area contributed by atoms with Crippen LogP contribution in [0.1, 0.15) is 40.5 Å². The van der Waals surface area contributed by atoms with E-state index in [4.69, 9.17) is 4.74 Å². The maximum Gasteiger partial charge on any atom is 0.336 e. The van der Waals surface area contributed by atoms with E-state index in [1.54, 1.807) is 19.3 Å². The molecule has 0 aliphatic carbocycles. The highest BCUT2D eigenvalue weighted by molar-refractivity contribution is 9.10. The lowest BCUT2D eigenvalue weighted by molar-refractivity contribution is 0.0650. The van der Waals surface area contributed by atoms with Crippen LogP contribution in [-0.2, 0) is 7.05 Å². The molecule has 1 aromatic carbocycles. The van der Waals surface area contributed by atoms with Crippen molar-refractivity contribution in [3.63, 3.8) is 0 Å². The molecule has 226 valence electrons. The first kappa shape index (κ1) is 29.0. The first-order valence-electron chi connectivity index (χ1n) is 14.2. The number of benzene rings is 1. The largest absolute Gasteiger partial charge is 0.489 e. The van der Waals surface area contributed by atoms with Gasteiger partial charge in [-0.15, -0.1) is 0 Å². The zero-order chi connectivity index (χ0) is 30.4. The van der Waals surface area contributed by atoms with Crippen LogP contribution in [0.25, 0.3) is 0 Å². The van der Waals surface area contributed by atoms with Crippen molar-refractivity contribution in [2.45, 2.75) is 37.9 Å². The minimum atomic E-state index is -1.28. The van der Waals surface area contributed by atoms with Gasteiger partial charge in [0.1, 0.15) is 23.9 Å². The van der Waals surface area contributed by atoms with Crippen molar-refractivity contribution in [3.8, 4) is 5.75 Å². The monoisotopic (exact) mass is 652 g/mol. The molecule has 0 saturated carbocycles. The topological polar surface area (TPSA) is 140 Å². The minimum absolute atomic E-state index is 0.0863. The number of pyridine rings is 2. The van der Waals surface area contributed by atoms with Crippen molar-refractivity contribution < 1.29 is 24.5 Å². The Labute approximate surface area is 256 Å². The molecule has 0 unspecified atom stereocenters. The highest BCUT2D eigenvalue weighted by atomic mass is 79.9. The van der Waals surface area contributed by atoms with Crippen LogP contribution < -0.4 is 25.4 Å². The predicted octanol–water partition coefficient (Wildman–Crippen LogP) is 3.62. The number of hydrogen-bond acceptors (Lipinski definition) is 9. The molecule has 2 aromatic heterocycles. The lowest BCUT2D eigenvalue weighted by Crippen LogP contribution is -2.59. The summed E-state index contributed by atoms with van der Waals surface area (Å²) in [6.45, 7) is 6.04. The molecule has 5 heterocycles. The van der Waals surface area contributed by atoms with Gasteiger partial charge in [-0.25, -0.2) is 14.6 Å². The number of fused-ring (bicyclic) bond motifs is 3. The minimum Gasteiger partial charge on any atom is -0.489 e. The van der Waals surface area contributed by atoms with Crippen LogP contribution in [-0.4, -0.2) is 87.5 Å². The third-order valence-corrected chi connectivity index (χ3v) is 9.09. The van der Waals surface area contributed by atoms with Gasteiger partial charge >= 0.3 is 11.9 Å². The van der Waals surface area contributed by atoms with Gasteiger partial charge in [-0.05, 0) is 66.0 Å². The molecule has 43 heavy (non-hydrogen) atoms. The number of rotatable bonds is 6. The Morgan fingerprint density at radius 3 is 2.51 bits per heavy atom. The van der Waals surface area contributed by atoms with Crippen LogP contribution in [0.15, 0.2) is 52.0 Å². The number of aryl methyl sites for hydroxylation is 1. The first-order valence-corrected chi connectivity index (χ1v) is 15.0. The Morgan fingerprint density at radius 2 is 1.81 bits per heavy atom. The molecule has 13 heteroatoms. The summed E-state index contributed by atoms with van der Waals surface area (Å²) in [6, 6.07) is 9.16. The van der Waals surface area contributed by atoms with Crippen LogP contribution in [0.4, 0.5) is 22.9 Å². The molecule has 3 atom stereocenters. The van der Waals surface area contributed by atoms with E-state index in [0.717, 1.165) is 49.2 Å². The van der Waals surface area contributed by atoms with Gasteiger partial charge in [-0.2, -0.15) is 0 Å². The van der Waals surface area contributed by atoms with Gasteiger partial charge in [0.05, 0.1) is 34.7 Å². The second-order valence-electron chi connectivity index (χ2n) is 11.4. The van der Waals surface area contributed by atoms with Crippen molar-refractivity contribution >= 4 is 50.7 Å². The van der Waals surface area contributed by atoms with Crippen molar-refractivity contribution in [3.05, 3.63) is 68.7 Å². The lowest BCUT2D eigenvalue weighted by Gasteiger charge is -2.50. The number of piperazine rings is 1. The summed E-state index contributed by atoms with van der Waals surface area (Å²) in [5, 5.41) is 22.2. The molecule has 0 amide bonds. The van der Waals surface area contributed by atoms with E-state index in [1.807, 2.05) is 18.3 Å². The van der Waals surface area contributed by atoms with E-state index in [-0.39, 0.29) is 28.8 Å². The van der Waals surface area contributed by atoms with Gasteiger partial charge in [0.25, 0.3) is 5.56 Å². The Balaban J connectivity index is 1.09. The van der Waals surface area contributed by atoms with Crippen molar-refractivity contribution in [1.29, 1.82) is 0 Å². The normalized spacial score (nSPS) is 21.9. The van der Waals surface area contributed by atoms with E-state index in [2.05, 4.69) is 47.9 Å². The Hall–Kier alpha value is -4.10. The molecular weight excluding hydrogens is 620 g/mol. The zero-order valence-electron chi connectivity index (χ0n) is 23.9. The standard InChI is InChI=1S/C30H33BrN6O6/c1-17-14-35(7-8-36(17)20-3-4-27(32-13-20)33-24-9-18(31)15-34(2)28(24)38)19-5-6-37-21(10-19)16-43-26-12-23(30(41)42)22(29(39)40)11-25(26)37/h3-4,9,11-13,15,17,19,21H,5-8,10,14,16H2,1-2H3,(H,32,33)(H,39,40)(H,41,42)/t17-,19+,21-/m0/s1. The van der Waals surface area contributed by atoms with E-state index in [9.17, 15) is 24.6 Å². The number of nitrogens with one attached hydrogen (secondary N) is 1. The van der Waals surface area contributed by atoms with Gasteiger partial charge in [-0.3, -0.25) is 9.69 Å². The molecule has 3 aliphatic rings. The number of carboxylic acid groups (broad SMARTS) is 2. The highest BCUT2D eigenvalue weighted by Crippen LogP contribution is 2.40. The first-order chi connectivity index (χ1) is 20.6. The van der Waals surface area contributed by atoms with Crippen LogP contribution in [0.5, 0.6) is 5.75 Å². The smallest absolute Gasteiger partial charge is 0.336 e. The van der Waals surface area contributed by atoms with Crippen LogP contribution >= 0.6 is 15.9 Å². The number of aromatic nitrogens is 2. The molecule has 0 bridgehead atoms. The zero-order valence-corrected chi connectivity index (χ0v) is 25.5. The molecule has 2 fully saturated rings. The highest BCUT2D eigenvalue weighted by Gasteiger charge is 2.39. The number of anilines is 4. The maximum atomic E-state index is 12.4. The van der Waals surface area contributed by atoms with Gasteiger partial charge < -0.3 is 34.6 Å². The molecule has 3 aromatic rings. The number of halogens is 1. The Kier molecular flexibility index (Phi) is 7.77. The summed E-state index contributed by atoms with van der Waals surface area (Å²) in [4.78, 5) is 47.4. The summed E-state index contributed by atoms with van der Waals surface area (Å²) in [7, 11) is 1.70. The third-order valence-electron chi connectivity index (χ3n) is 8.66. The average Bonchev–Trinajstić information content (AvgIpc) is 2.99. The van der Waals surface area contributed by atoms with E-state index >= 15 is 0 Å². The van der Waals surface area contributed by atoms with Crippen LogP contribution in [0.3, 0.4) is 0 Å². The van der Waals surface area contributed by atoms with Crippen molar-refractivity contribution in [1.82, 2.24) is 14.5 Å². The SMILES string of the molecule is C[C@H]1CN([C@@H]2CCN3c4cc(C(=O)O)c(C(=O)O)cc4OC[C@@H]3C2)CCN1c1ccc(Nc2cc(Br)cn(C)c2=O)nc1. The molecule has 3 N–H and O–H groups in total. The van der Waals surface area contributed by atoms with Gasteiger partial charge in [0, 0.05) is 56.0 Å². The number of carbonyl (C=O) groups is 2. The average molecular weight is 654 g/mol. The predicted molar refractivity (Wildman–Crippen MR) is 165 cm³/mol. The van der Waals surface area contributed by atoms with E-state index < -0.39 is 11.9 Å². The maximum absolute atomic E-state index is 12.4. The van der Waals surface area contributed by atoms with Crippen LogP contribution in [0.2, 0.25) is 0 Å². The Bertz CT molecular complexity index is 1630. The molecule has 12 nitrogen and oxygen atoms in total. The fourth-order valence-electron chi connectivity index (χ4n) is 6.51. The molecule has 0 radical (unpaired) electrons. The number of ether oxygens (including phenoxy) is 1. The molecule has 0 spiro atoms. The van der Waals surface area contributed by atoms with E-state index in [0.29, 0.717) is 35.6 Å². The molecule has 3 aliphatic heterocycles. The molecule has 6 rings (SSSR count). The summed E-state index contributed by atoms with van der Waals surface area (Å²) in [5.74, 6) is -1.52. The lowest BCUT2D eigenvalue weighted by atomic mass is 9.92. The van der Waals surface area contributed by atoms with E-state index in [1.165, 1.54) is 16.7 Å². The van der Waals surface area contributed by atoms with Gasteiger partial charge in [0.2, 0.25) is 0 Å². The Morgan fingerprint density at radius 1 is 1.05 bits per heavy atom. The number of hydrogen-bond donors (Lipinski definition) is 3. The number of piperidine rings is 1. The van der Waals surface area contributed by atoms with Crippen molar-refractivity contribution in [2.75, 3.05) is 47.9 Å². The van der Waals surface area contributed by atoms with Crippen LogP contribution in [0, 0.1) is 0 Å². The number of carboxylic acids is 2. The quantitative estimate of drug-likeness (QED) is 0.360. The van der Waals surface area contributed by atoms with Gasteiger partial charge in [0.15, 0.2) is 0 Å².